The third-order valence-electron chi connectivity index (χ3n) is 2.41. The quantitative estimate of drug-likeness (QED) is 0.836. The van der Waals surface area contributed by atoms with Crippen LogP contribution in [0.1, 0.15) is 18.1 Å². The van der Waals surface area contributed by atoms with E-state index in [1.54, 1.807) is 12.7 Å². The van der Waals surface area contributed by atoms with Gasteiger partial charge in [-0.1, -0.05) is 22.9 Å². The average Bonchev–Trinajstić information content (AvgIpc) is 2.75. The van der Waals surface area contributed by atoms with Gasteiger partial charge in [-0.3, -0.25) is 4.57 Å². The van der Waals surface area contributed by atoms with E-state index in [1.165, 1.54) is 15.6 Å². The van der Waals surface area contributed by atoms with E-state index in [0.29, 0.717) is 0 Å². The highest BCUT2D eigenvalue weighted by Gasteiger charge is 2.05. The Morgan fingerprint density at radius 3 is 2.53 bits per heavy atom. The molecule has 0 bridgehead atoms. The molecular formula is C11H12BrN3. The summed E-state index contributed by atoms with van der Waals surface area (Å²) < 4.78 is 3.11. The fraction of sp³-hybridized carbons (Fsp3) is 0.273. The van der Waals surface area contributed by atoms with E-state index in [4.69, 9.17) is 0 Å². The molecule has 0 aliphatic rings. The molecular weight excluding hydrogens is 254 g/mol. The van der Waals surface area contributed by atoms with Crippen LogP contribution in [0.3, 0.4) is 0 Å². The van der Waals surface area contributed by atoms with Gasteiger partial charge in [0.15, 0.2) is 0 Å². The molecule has 0 fully saturated rings. The Kier molecular flexibility index (Phi) is 2.86. The number of aromatic nitrogens is 3. The van der Waals surface area contributed by atoms with Crippen LogP contribution in [0.15, 0.2) is 29.3 Å². The lowest BCUT2D eigenvalue weighted by molar-refractivity contribution is 1.03. The Labute approximate surface area is 97.3 Å². The molecule has 0 saturated carbocycles. The van der Waals surface area contributed by atoms with Crippen molar-refractivity contribution in [3.63, 3.8) is 0 Å². The van der Waals surface area contributed by atoms with Gasteiger partial charge < -0.3 is 0 Å². The second-order valence-corrected chi connectivity index (χ2v) is 4.25. The van der Waals surface area contributed by atoms with E-state index >= 15 is 0 Å². The largest absolute Gasteiger partial charge is 0.288 e. The maximum Gasteiger partial charge on any atom is 0.123 e. The van der Waals surface area contributed by atoms with E-state index < -0.39 is 0 Å². The van der Waals surface area contributed by atoms with Crippen LogP contribution in [-0.4, -0.2) is 14.8 Å². The predicted molar refractivity (Wildman–Crippen MR) is 63.2 cm³/mol. The van der Waals surface area contributed by atoms with Crippen LogP contribution in [0.4, 0.5) is 0 Å². The Morgan fingerprint density at radius 2 is 1.93 bits per heavy atom. The highest BCUT2D eigenvalue weighted by molar-refractivity contribution is 9.10. The summed E-state index contributed by atoms with van der Waals surface area (Å²) in [5.41, 5.74) is 3.65. The summed E-state index contributed by atoms with van der Waals surface area (Å²) in [5, 5.41) is 7.61. The van der Waals surface area contributed by atoms with Crippen molar-refractivity contribution >= 4 is 15.9 Å². The minimum atomic E-state index is 1.01. The summed E-state index contributed by atoms with van der Waals surface area (Å²) in [6.45, 7) is 4.24. The fourth-order valence-corrected chi connectivity index (χ4v) is 2.07. The van der Waals surface area contributed by atoms with Gasteiger partial charge in [-0.15, -0.1) is 10.2 Å². The van der Waals surface area contributed by atoms with Gasteiger partial charge in [0.05, 0.1) is 0 Å². The summed E-state index contributed by atoms with van der Waals surface area (Å²) in [4.78, 5) is 0. The zero-order valence-corrected chi connectivity index (χ0v) is 10.3. The first-order valence-electron chi connectivity index (χ1n) is 4.86. The predicted octanol–water partition coefficient (Wildman–Crippen LogP) is 2.90. The maximum atomic E-state index is 3.81. The molecule has 2 rings (SSSR count). The van der Waals surface area contributed by atoms with Crippen LogP contribution in [-0.2, 0) is 6.42 Å². The summed E-state index contributed by atoms with van der Waals surface area (Å²) >= 11 is 3.60. The lowest BCUT2D eigenvalue weighted by Gasteiger charge is -2.09. The summed E-state index contributed by atoms with van der Waals surface area (Å²) in [6.07, 6.45) is 4.43. The van der Waals surface area contributed by atoms with Gasteiger partial charge in [0, 0.05) is 10.2 Å². The topological polar surface area (TPSA) is 30.7 Å². The second-order valence-electron chi connectivity index (χ2n) is 3.46. The smallest absolute Gasteiger partial charge is 0.123 e. The number of benzene rings is 1. The molecule has 1 aromatic carbocycles. The van der Waals surface area contributed by atoms with Crippen molar-refractivity contribution in [2.75, 3.05) is 0 Å². The van der Waals surface area contributed by atoms with Crippen LogP contribution in [0.2, 0.25) is 0 Å². The van der Waals surface area contributed by atoms with Gasteiger partial charge in [-0.05, 0) is 36.6 Å². The van der Waals surface area contributed by atoms with Gasteiger partial charge in [-0.25, -0.2) is 0 Å². The maximum absolute atomic E-state index is 3.81. The zero-order valence-electron chi connectivity index (χ0n) is 8.74. The molecule has 0 aliphatic carbocycles. The Bertz CT molecular complexity index is 463. The van der Waals surface area contributed by atoms with E-state index in [1.807, 2.05) is 4.57 Å². The number of nitrogens with zero attached hydrogens (tertiary/aromatic N) is 3. The molecule has 0 unspecified atom stereocenters. The summed E-state index contributed by atoms with van der Waals surface area (Å²) in [5.74, 6) is 0. The van der Waals surface area contributed by atoms with Crippen molar-refractivity contribution in [3.8, 4) is 5.69 Å². The van der Waals surface area contributed by atoms with Crippen molar-refractivity contribution in [2.24, 2.45) is 0 Å². The summed E-state index contributed by atoms with van der Waals surface area (Å²) in [6, 6.07) is 4.27. The SMILES string of the molecule is CCc1cc(-n2cnnc2)cc(C)c1Br. The highest BCUT2D eigenvalue weighted by Crippen LogP contribution is 2.25. The van der Waals surface area contributed by atoms with E-state index in [-0.39, 0.29) is 0 Å². The van der Waals surface area contributed by atoms with Gasteiger partial charge in [0.25, 0.3) is 0 Å². The van der Waals surface area contributed by atoms with E-state index in [9.17, 15) is 0 Å². The monoisotopic (exact) mass is 265 g/mol. The number of hydrogen-bond donors (Lipinski definition) is 0. The average molecular weight is 266 g/mol. The third kappa shape index (κ3) is 1.95. The minimum Gasteiger partial charge on any atom is -0.288 e. The van der Waals surface area contributed by atoms with Crippen LogP contribution in [0, 0.1) is 6.92 Å². The molecule has 0 radical (unpaired) electrons. The Hall–Kier alpha value is -1.16. The Morgan fingerprint density at radius 1 is 1.27 bits per heavy atom. The zero-order chi connectivity index (χ0) is 10.8. The molecule has 78 valence electrons. The lowest BCUT2D eigenvalue weighted by Crippen LogP contribution is -1.95. The number of aryl methyl sites for hydroxylation is 2. The molecule has 0 atom stereocenters. The number of halogens is 1. The van der Waals surface area contributed by atoms with E-state index in [2.05, 4.69) is 52.1 Å². The highest BCUT2D eigenvalue weighted by atomic mass is 79.9. The Balaban J connectivity index is 2.55. The molecule has 0 amide bonds. The van der Waals surface area contributed by atoms with Crippen molar-refractivity contribution < 1.29 is 0 Å². The second kappa shape index (κ2) is 4.14. The first-order chi connectivity index (χ1) is 7.22. The molecule has 4 heteroatoms. The summed E-state index contributed by atoms with van der Waals surface area (Å²) in [7, 11) is 0. The molecule has 0 aliphatic heterocycles. The molecule has 0 saturated heterocycles. The third-order valence-corrected chi connectivity index (χ3v) is 3.55. The van der Waals surface area contributed by atoms with Crippen molar-refractivity contribution in [1.82, 2.24) is 14.8 Å². The van der Waals surface area contributed by atoms with Crippen LogP contribution in [0.5, 0.6) is 0 Å². The molecule has 0 spiro atoms. The van der Waals surface area contributed by atoms with E-state index in [0.717, 1.165) is 12.1 Å². The standard InChI is InChI=1S/C11H12BrN3/c1-3-9-5-10(4-8(2)11(9)12)15-6-13-14-7-15/h4-7H,3H2,1-2H3. The van der Waals surface area contributed by atoms with Crippen molar-refractivity contribution in [3.05, 3.63) is 40.4 Å². The van der Waals surface area contributed by atoms with Gasteiger partial charge >= 0.3 is 0 Å². The van der Waals surface area contributed by atoms with Gasteiger partial charge in [0.1, 0.15) is 12.7 Å². The number of rotatable bonds is 2. The minimum absolute atomic E-state index is 1.01. The van der Waals surface area contributed by atoms with Crippen molar-refractivity contribution in [2.45, 2.75) is 20.3 Å². The molecule has 1 aromatic heterocycles. The van der Waals surface area contributed by atoms with Crippen molar-refractivity contribution in [1.29, 1.82) is 0 Å². The molecule has 1 heterocycles. The normalized spacial score (nSPS) is 10.6. The van der Waals surface area contributed by atoms with Crippen LogP contribution < -0.4 is 0 Å². The molecule has 2 aromatic rings. The van der Waals surface area contributed by atoms with Gasteiger partial charge in [-0.2, -0.15) is 0 Å². The molecule has 3 nitrogen and oxygen atoms in total. The molecule has 15 heavy (non-hydrogen) atoms. The lowest BCUT2D eigenvalue weighted by atomic mass is 10.1. The van der Waals surface area contributed by atoms with Crippen LogP contribution >= 0.6 is 15.9 Å². The first kappa shape index (κ1) is 10.4. The number of hydrogen-bond acceptors (Lipinski definition) is 2. The first-order valence-corrected chi connectivity index (χ1v) is 5.65. The van der Waals surface area contributed by atoms with Gasteiger partial charge in [0.2, 0.25) is 0 Å². The molecule has 0 N–H and O–H groups in total. The fourth-order valence-electron chi connectivity index (χ4n) is 1.56. The van der Waals surface area contributed by atoms with Crippen LogP contribution in [0.25, 0.3) is 5.69 Å².